The van der Waals surface area contributed by atoms with E-state index >= 15 is 0 Å². The highest BCUT2D eigenvalue weighted by Crippen LogP contribution is 2.30. The minimum absolute atomic E-state index is 0.00866. The minimum atomic E-state index is -3.96. The Morgan fingerprint density at radius 3 is 2.42 bits per heavy atom. The number of methoxy groups -OCH3 is 1. The molecule has 0 radical (unpaired) electrons. The van der Waals surface area contributed by atoms with Crippen molar-refractivity contribution in [1.29, 1.82) is 0 Å². The van der Waals surface area contributed by atoms with Crippen molar-refractivity contribution in [3.05, 3.63) is 53.6 Å². The molecule has 0 aliphatic rings. The van der Waals surface area contributed by atoms with Gasteiger partial charge in [-0.3, -0.25) is 14.0 Å². The van der Waals surface area contributed by atoms with Crippen LogP contribution in [0.2, 0.25) is 5.02 Å². The molecule has 0 saturated heterocycles. The van der Waals surface area contributed by atoms with E-state index in [0.717, 1.165) is 0 Å². The number of halogens is 1. The van der Waals surface area contributed by atoms with Gasteiger partial charge in [0.2, 0.25) is 21.9 Å². The van der Waals surface area contributed by atoms with Gasteiger partial charge in [-0.15, -0.1) is 10.2 Å². The molecule has 0 bridgehead atoms. The standard InChI is InChI=1S/C21H25ClN10O3S/c1-12(18-23-9-15(22)10-24-18)14(3)36(33,34)30-21-28-27-20(16-7-6-8-17(26-16)35-5)32(21)13(2)19-25-11-31(4)29-19/h6-14H,1-5H3,(H,28,30). The highest BCUT2D eigenvalue weighted by Gasteiger charge is 2.32. The monoisotopic (exact) mass is 532 g/mol. The molecule has 0 fully saturated rings. The number of hydrogen-bond acceptors (Lipinski definition) is 10. The van der Waals surface area contributed by atoms with Crippen LogP contribution >= 0.6 is 11.6 Å². The van der Waals surface area contributed by atoms with Crippen molar-refractivity contribution < 1.29 is 13.2 Å². The van der Waals surface area contributed by atoms with Gasteiger partial charge in [0.15, 0.2) is 11.6 Å². The summed E-state index contributed by atoms with van der Waals surface area (Å²) in [4.78, 5) is 17.1. The molecule has 4 rings (SSSR count). The van der Waals surface area contributed by atoms with Crippen LogP contribution in [0.1, 0.15) is 44.4 Å². The lowest BCUT2D eigenvalue weighted by molar-refractivity contribution is 0.398. The second-order valence-electron chi connectivity index (χ2n) is 8.14. The first-order valence-corrected chi connectivity index (χ1v) is 12.8. The summed E-state index contributed by atoms with van der Waals surface area (Å²) >= 11 is 5.87. The van der Waals surface area contributed by atoms with E-state index in [9.17, 15) is 8.42 Å². The van der Waals surface area contributed by atoms with Crippen LogP contribution in [0.15, 0.2) is 36.9 Å². The average molecular weight is 533 g/mol. The molecule has 0 aliphatic carbocycles. The van der Waals surface area contributed by atoms with Gasteiger partial charge >= 0.3 is 0 Å². The van der Waals surface area contributed by atoms with E-state index in [1.165, 1.54) is 19.5 Å². The van der Waals surface area contributed by atoms with Gasteiger partial charge in [0.05, 0.1) is 23.4 Å². The summed E-state index contributed by atoms with van der Waals surface area (Å²) in [5.41, 5.74) is 0.436. The molecule has 0 amide bonds. The molecule has 3 unspecified atom stereocenters. The van der Waals surface area contributed by atoms with Gasteiger partial charge in [-0.2, -0.15) is 5.10 Å². The largest absolute Gasteiger partial charge is 0.481 e. The zero-order valence-electron chi connectivity index (χ0n) is 20.2. The van der Waals surface area contributed by atoms with E-state index in [1.807, 2.05) is 6.92 Å². The van der Waals surface area contributed by atoms with E-state index < -0.39 is 27.2 Å². The van der Waals surface area contributed by atoms with Crippen LogP contribution in [0.4, 0.5) is 5.95 Å². The molecule has 3 atom stereocenters. The molecule has 0 spiro atoms. The molecule has 1 N–H and O–H groups in total. The minimum Gasteiger partial charge on any atom is -0.481 e. The molecule has 0 aromatic carbocycles. The summed E-state index contributed by atoms with van der Waals surface area (Å²) in [7, 11) is -0.718. The number of aryl methyl sites for hydroxylation is 1. The van der Waals surface area contributed by atoms with Gasteiger partial charge in [-0.1, -0.05) is 24.6 Å². The normalized spacial score (nSPS) is 14.3. The molecule has 190 valence electrons. The maximum atomic E-state index is 13.4. The summed E-state index contributed by atoms with van der Waals surface area (Å²) in [6.45, 7) is 5.11. The molecular weight excluding hydrogens is 508 g/mol. The van der Waals surface area contributed by atoms with E-state index in [0.29, 0.717) is 34.1 Å². The van der Waals surface area contributed by atoms with Gasteiger partial charge in [0.1, 0.15) is 17.8 Å². The van der Waals surface area contributed by atoms with Gasteiger partial charge in [-0.25, -0.2) is 28.4 Å². The fraction of sp³-hybridized carbons (Fsp3) is 0.381. The second-order valence-corrected chi connectivity index (χ2v) is 10.6. The third-order valence-electron chi connectivity index (χ3n) is 5.71. The fourth-order valence-corrected chi connectivity index (χ4v) is 4.81. The lowest BCUT2D eigenvalue weighted by atomic mass is 10.1. The number of nitrogens with zero attached hydrogens (tertiary/aromatic N) is 9. The predicted octanol–water partition coefficient (Wildman–Crippen LogP) is 2.46. The molecule has 4 heterocycles. The maximum Gasteiger partial charge on any atom is 0.239 e. The fourth-order valence-electron chi connectivity index (χ4n) is 3.47. The van der Waals surface area contributed by atoms with E-state index in [1.54, 1.807) is 54.7 Å². The van der Waals surface area contributed by atoms with Crippen molar-refractivity contribution in [2.45, 2.75) is 38.0 Å². The Balaban J connectivity index is 1.73. The van der Waals surface area contributed by atoms with Crippen molar-refractivity contribution >= 4 is 27.6 Å². The Labute approximate surface area is 213 Å². The number of aromatic nitrogens is 9. The van der Waals surface area contributed by atoms with Gasteiger partial charge in [0.25, 0.3) is 0 Å². The van der Waals surface area contributed by atoms with E-state index in [-0.39, 0.29) is 5.95 Å². The van der Waals surface area contributed by atoms with Crippen LogP contribution in [-0.2, 0) is 17.1 Å². The summed E-state index contributed by atoms with van der Waals surface area (Å²) in [5, 5.41) is 12.2. The first kappa shape index (κ1) is 25.4. The van der Waals surface area contributed by atoms with Crippen molar-refractivity contribution in [2.75, 3.05) is 11.8 Å². The molecule has 0 aliphatic heterocycles. The van der Waals surface area contributed by atoms with Crippen LogP contribution < -0.4 is 9.46 Å². The van der Waals surface area contributed by atoms with Crippen LogP contribution in [0.3, 0.4) is 0 Å². The zero-order valence-corrected chi connectivity index (χ0v) is 21.8. The van der Waals surface area contributed by atoms with Crippen LogP contribution in [0, 0.1) is 0 Å². The molecule has 36 heavy (non-hydrogen) atoms. The number of hydrogen-bond donors (Lipinski definition) is 1. The first-order valence-electron chi connectivity index (χ1n) is 10.9. The number of pyridine rings is 1. The topological polar surface area (TPSA) is 155 Å². The molecule has 0 saturated carbocycles. The van der Waals surface area contributed by atoms with Crippen molar-refractivity contribution in [3.63, 3.8) is 0 Å². The number of nitrogens with one attached hydrogen (secondary N) is 1. The summed E-state index contributed by atoms with van der Waals surface area (Å²) in [6.07, 6.45) is 4.41. The van der Waals surface area contributed by atoms with Crippen molar-refractivity contribution in [3.8, 4) is 17.4 Å². The Morgan fingerprint density at radius 2 is 1.78 bits per heavy atom. The highest BCUT2D eigenvalue weighted by molar-refractivity contribution is 7.93. The van der Waals surface area contributed by atoms with E-state index in [4.69, 9.17) is 16.3 Å². The number of ether oxygens (including phenoxy) is 1. The second kappa shape index (κ2) is 10.1. The quantitative estimate of drug-likeness (QED) is 0.339. The summed E-state index contributed by atoms with van der Waals surface area (Å²) in [6, 6.07) is 4.64. The Kier molecular flexibility index (Phi) is 7.17. The van der Waals surface area contributed by atoms with Gasteiger partial charge < -0.3 is 4.74 Å². The number of sulfonamides is 1. The predicted molar refractivity (Wildman–Crippen MR) is 132 cm³/mol. The molecule has 15 heteroatoms. The van der Waals surface area contributed by atoms with Crippen LogP contribution in [0.5, 0.6) is 5.88 Å². The van der Waals surface area contributed by atoms with Crippen molar-refractivity contribution in [2.24, 2.45) is 7.05 Å². The Bertz CT molecular complexity index is 1450. The van der Waals surface area contributed by atoms with Crippen molar-refractivity contribution in [1.82, 2.24) is 44.5 Å². The average Bonchev–Trinajstić information content (AvgIpc) is 3.49. The van der Waals surface area contributed by atoms with Gasteiger partial charge in [0, 0.05) is 31.4 Å². The van der Waals surface area contributed by atoms with Gasteiger partial charge in [-0.05, 0) is 19.9 Å². The smallest absolute Gasteiger partial charge is 0.239 e. The zero-order chi connectivity index (χ0) is 26.0. The lowest BCUT2D eigenvalue weighted by Crippen LogP contribution is -2.32. The first-order chi connectivity index (χ1) is 17.1. The SMILES string of the molecule is COc1cccc(-c2nnc(NS(=O)(=O)C(C)C(C)c3ncc(Cl)cn3)n2C(C)c2ncn(C)n2)n1. The van der Waals surface area contributed by atoms with Crippen LogP contribution in [0.25, 0.3) is 11.5 Å². The molecule has 4 aromatic rings. The van der Waals surface area contributed by atoms with E-state index in [2.05, 4.69) is 40.0 Å². The molecule has 13 nitrogen and oxygen atoms in total. The number of rotatable bonds is 9. The Morgan fingerprint density at radius 1 is 1.06 bits per heavy atom. The number of anilines is 1. The third-order valence-corrected chi connectivity index (χ3v) is 7.76. The lowest BCUT2D eigenvalue weighted by Gasteiger charge is -2.21. The summed E-state index contributed by atoms with van der Waals surface area (Å²) < 4.78 is 37.8. The maximum absolute atomic E-state index is 13.4. The van der Waals surface area contributed by atoms with Crippen LogP contribution in [-0.4, -0.2) is 65.3 Å². The molecule has 4 aromatic heterocycles. The summed E-state index contributed by atoms with van der Waals surface area (Å²) in [5.74, 6) is 0.937. The third kappa shape index (κ3) is 5.14. The molecular formula is C21H25ClN10O3S. The Hall–Kier alpha value is -3.65. The highest BCUT2D eigenvalue weighted by atomic mass is 35.5.